The molecule has 13 nitrogen and oxygen atoms in total. The van der Waals surface area contributed by atoms with Gasteiger partial charge in [-0.05, 0) is 35.7 Å². The average Bonchev–Trinajstić information content (AvgIpc) is 3.58. The highest BCUT2D eigenvalue weighted by molar-refractivity contribution is 6.40. The van der Waals surface area contributed by atoms with Crippen LogP contribution in [-0.4, -0.2) is 98.7 Å². The van der Waals surface area contributed by atoms with Crippen molar-refractivity contribution in [1.82, 2.24) is 30.6 Å². The van der Waals surface area contributed by atoms with Crippen LogP contribution in [0.4, 0.5) is 0 Å². The molecule has 15 heteroatoms. The lowest BCUT2D eigenvalue weighted by Gasteiger charge is -2.30. The Morgan fingerprint density at radius 3 is 2.71 bits per heavy atom. The third-order valence-electron chi connectivity index (χ3n) is 7.28. The number of carbonyl (C=O) groups excluding carboxylic acids is 3. The van der Waals surface area contributed by atoms with Crippen molar-refractivity contribution < 1.29 is 24.6 Å². The largest absolute Gasteiger partial charge is 0.388 e. The summed E-state index contributed by atoms with van der Waals surface area (Å²) in [5.74, 6) is -0.795. The molecule has 0 spiro atoms. The van der Waals surface area contributed by atoms with Crippen LogP contribution in [0.3, 0.4) is 0 Å². The summed E-state index contributed by atoms with van der Waals surface area (Å²) >= 11 is 13.2. The molecular formula is C27H26Cl2N8O5. The lowest BCUT2D eigenvalue weighted by Crippen LogP contribution is -2.49. The van der Waals surface area contributed by atoms with Crippen LogP contribution < -0.4 is 10.6 Å². The first kappa shape index (κ1) is 29.3. The molecule has 0 aliphatic carbocycles. The van der Waals surface area contributed by atoms with E-state index < -0.39 is 24.2 Å². The van der Waals surface area contributed by atoms with E-state index in [1.807, 2.05) is 6.07 Å². The first-order valence-corrected chi connectivity index (χ1v) is 13.8. The summed E-state index contributed by atoms with van der Waals surface area (Å²) in [6, 6.07) is 5.86. The van der Waals surface area contributed by atoms with E-state index in [1.54, 1.807) is 35.5 Å². The van der Waals surface area contributed by atoms with Gasteiger partial charge in [-0.3, -0.25) is 14.7 Å². The van der Waals surface area contributed by atoms with Gasteiger partial charge in [0.25, 0.3) is 11.8 Å². The molecule has 3 heterocycles. The normalized spacial score (nSPS) is 19.3. The number of β-amino-alcohol motifs (C(OH)–C–C–N with tert-alkyl or cyclic N) is 2. The molecule has 3 aromatic rings. The number of H-pyrrole nitrogens is 1. The van der Waals surface area contributed by atoms with Crippen molar-refractivity contribution in [2.75, 3.05) is 26.2 Å². The van der Waals surface area contributed by atoms with Gasteiger partial charge in [-0.1, -0.05) is 29.3 Å². The zero-order valence-electron chi connectivity index (χ0n) is 22.0. The van der Waals surface area contributed by atoms with E-state index in [4.69, 9.17) is 28.5 Å². The first-order valence-electron chi connectivity index (χ1n) is 13.0. The predicted molar refractivity (Wildman–Crippen MR) is 153 cm³/mol. The summed E-state index contributed by atoms with van der Waals surface area (Å²) in [4.78, 5) is 45.0. The van der Waals surface area contributed by atoms with Crippen LogP contribution in [0.15, 0.2) is 35.5 Å². The predicted octanol–water partition coefficient (Wildman–Crippen LogP) is 0.830. The van der Waals surface area contributed by atoms with Gasteiger partial charge in [0, 0.05) is 43.7 Å². The third-order valence-corrected chi connectivity index (χ3v) is 8.00. The number of aromatic amines is 1. The summed E-state index contributed by atoms with van der Waals surface area (Å²) in [6.07, 6.45) is 2.19. The maximum absolute atomic E-state index is 13.2. The first-order chi connectivity index (χ1) is 20.2. The van der Waals surface area contributed by atoms with Crippen molar-refractivity contribution in [3.05, 3.63) is 62.8 Å². The Kier molecular flexibility index (Phi) is 8.60. The van der Waals surface area contributed by atoms with E-state index in [0.717, 1.165) is 10.9 Å². The van der Waals surface area contributed by atoms with Crippen LogP contribution in [0.2, 0.25) is 10.0 Å². The molecule has 5 N–H and O–H groups in total. The van der Waals surface area contributed by atoms with Gasteiger partial charge in [0.1, 0.15) is 12.3 Å². The molecule has 2 amide bonds. The summed E-state index contributed by atoms with van der Waals surface area (Å²) in [7, 11) is 0. The molecule has 2 aliphatic rings. The molecule has 42 heavy (non-hydrogen) atoms. The van der Waals surface area contributed by atoms with E-state index in [1.165, 1.54) is 4.90 Å². The third kappa shape index (κ3) is 5.88. The Labute approximate surface area is 249 Å². The molecular weight excluding hydrogens is 587 g/mol. The van der Waals surface area contributed by atoms with Crippen LogP contribution in [-0.2, 0) is 17.8 Å². The number of nitrogens with one attached hydrogen (secondary N) is 3. The number of carbonyl (C=O) groups is 3. The fourth-order valence-corrected chi connectivity index (χ4v) is 5.84. The van der Waals surface area contributed by atoms with Gasteiger partial charge in [0.05, 0.1) is 39.5 Å². The molecule has 1 fully saturated rings. The summed E-state index contributed by atoms with van der Waals surface area (Å²) in [5, 5.41) is 41.9. The van der Waals surface area contributed by atoms with Crippen molar-refractivity contribution in [1.29, 1.82) is 5.26 Å². The average molecular weight is 613 g/mol. The summed E-state index contributed by atoms with van der Waals surface area (Å²) < 4.78 is 0. The molecule has 0 radical (unpaired) electrons. The molecule has 1 saturated heterocycles. The van der Waals surface area contributed by atoms with Crippen LogP contribution >= 0.6 is 23.2 Å². The van der Waals surface area contributed by atoms with Crippen LogP contribution in [0.5, 0.6) is 0 Å². The van der Waals surface area contributed by atoms with E-state index in [9.17, 15) is 24.6 Å². The second kappa shape index (κ2) is 12.3. The molecule has 1 aromatic heterocycles. The smallest absolute Gasteiger partial charge is 0.254 e. The van der Waals surface area contributed by atoms with E-state index in [2.05, 4.69) is 25.8 Å². The number of nitriles is 1. The van der Waals surface area contributed by atoms with E-state index in [-0.39, 0.29) is 53.7 Å². The number of aliphatic hydroxyl groups excluding tert-OH is 2. The number of hydrogen-bond donors (Lipinski definition) is 5. The van der Waals surface area contributed by atoms with E-state index in [0.29, 0.717) is 35.9 Å². The van der Waals surface area contributed by atoms with Crippen molar-refractivity contribution in [3.63, 3.8) is 0 Å². The number of benzene rings is 2. The molecule has 3 atom stereocenters. The van der Waals surface area contributed by atoms with Crippen LogP contribution in [0.25, 0.3) is 10.9 Å². The standard InChI is InChI=1S/C27H26Cl2N8O5/c28-19-5-16-9-36(26(42)14-1-2-15-7-33-35-20(15)6-14)4-3-18(16)24(29)23(19)25(41)34-17(12-38)8-31-27(32-13-30)37-10-21(39)22(40)11-37/h1-2,5-7,12,17,21-22,39-40H,3-4,8-11H2,(H,31,32)(H,33,35)(H,34,41)/t17-,21+,22+/m0/s1. The topological polar surface area (TPSA) is 187 Å². The van der Waals surface area contributed by atoms with Crippen LogP contribution in [0.1, 0.15) is 31.8 Å². The Balaban J connectivity index is 1.26. The monoisotopic (exact) mass is 612 g/mol. The minimum Gasteiger partial charge on any atom is -0.388 e. The van der Waals surface area contributed by atoms with Crippen molar-refractivity contribution >= 4 is 58.2 Å². The van der Waals surface area contributed by atoms with Gasteiger partial charge < -0.3 is 35.4 Å². The number of guanidine groups is 1. The quantitative estimate of drug-likeness (QED) is 0.116. The van der Waals surface area contributed by atoms with Gasteiger partial charge in [-0.25, -0.2) is 0 Å². The number of likely N-dealkylation sites (tertiary alicyclic amines) is 1. The Hall–Kier alpha value is -4.22. The Bertz CT molecular complexity index is 1610. The van der Waals surface area contributed by atoms with Crippen molar-refractivity contribution in [2.24, 2.45) is 4.99 Å². The summed E-state index contributed by atoms with van der Waals surface area (Å²) in [5.41, 5.74) is 2.67. The Morgan fingerprint density at radius 2 is 2.00 bits per heavy atom. The molecule has 5 rings (SSSR count). The van der Waals surface area contributed by atoms with Gasteiger partial charge in [-0.2, -0.15) is 10.4 Å². The molecule has 2 aliphatic heterocycles. The van der Waals surface area contributed by atoms with Gasteiger partial charge in [0.2, 0.25) is 12.2 Å². The molecule has 218 valence electrons. The number of rotatable bonds is 6. The number of fused-ring (bicyclic) bond motifs is 2. The maximum atomic E-state index is 13.2. The fraction of sp³-hybridized carbons (Fsp3) is 0.333. The van der Waals surface area contributed by atoms with Crippen molar-refractivity contribution in [3.8, 4) is 6.19 Å². The van der Waals surface area contributed by atoms with Gasteiger partial charge >= 0.3 is 0 Å². The number of hydrogen-bond acceptors (Lipinski definition) is 8. The van der Waals surface area contributed by atoms with Gasteiger partial charge in [-0.15, -0.1) is 4.99 Å². The van der Waals surface area contributed by atoms with Crippen molar-refractivity contribution in [2.45, 2.75) is 31.2 Å². The Morgan fingerprint density at radius 1 is 1.24 bits per heavy atom. The fourth-order valence-electron chi connectivity index (χ4n) is 5.07. The number of halogens is 2. The molecule has 2 aromatic carbocycles. The minimum absolute atomic E-state index is 0.00473. The maximum Gasteiger partial charge on any atom is 0.254 e. The second-order valence-corrected chi connectivity index (χ2v) is 10.8. The highest BCUT2D eigenvalue weighted by atomic mass is 35.5. The van der Waals surface area contributed by atoms with Gasteiger partial charge in [0.15, 0.2) is 0 Å². The molecule has 0 saturated carbocycles. The highest BCUT2D eigenvalue weighted by Gasteiger charge is 2.32. The second-order valence-electron chi connectivity index (χ2n) is 10.0. The minimum atomic E-state index is -1.05. The summed E-state index contributed by atoms with van der Waals surface area (Å²) in [6.45, 7) is 0.556. The molecule has 0 unspecified atom stereocenters. The van der Waals surface area contributed by atoms with Crippen LogP contribution in [0, 0.1) is 11.5 Å². The van der Waals surface area contributed by atoms with E-state index >= 15 is 0 Å². The number of amides is 2. The lowest BCUT2D eigenvalue weighted by atomic mass is 9.96. The zero-order chi connectivity index (χ0) is 30.0. The molecule has 0 bridgehead atoms. The SMILES string of the molecule is N#C/N=C(\NC[C@@H](C=O)NC(=O)c1c(Cl)cc2c(c1Cl)CCN(C(=O)c1ccc3cn[nH]c3c1)C2)N1C[C@@H](O)[C@H](O)C1. The lowest BCUT2D eigenvalue weighted by molar-refractivity contribution is -0.109. The number of aliphatic hydroxyl groups is 2. The number of aldehydes is 1. The highest BCUT2D eigenvalue weighted by Crippen LogP contribution is 2.35. The number of aromatic nitrogens is 2. The zero-order valence-corrected chi connectivity index (χ0v) is 23.6. The number of nitrogens with zero attached hydrogens (tertiary/aromatic N) is 5. The number of aliphatic imine (C=N–C) groups is 1.